The van der Waals surface area contributed by atoms with Crippen molar-refractivity contribution in [2.45, 2.75) is 47.0 Å². The number of ether oxygens (including phenoxy) is 1. The summed E-state index contributed by atoms with van der Waals surface area (Å²) in [6.45, 7) is -1.63. The number of sulfonamides is 2. The standard InChI is InChI=1S/C27H30N6O11S2/c1-30(2)21-7-3-6-20-19(21)5-4-8-23(20)46(42,43)32(45(40,41)18-11-9-17(10-12-18)33(38)39)14-16-13-31(29-28-16)27-26(37)25(36)24(35)22(15-34)44-27/h3-13,22,24-27,34-37H,14-15H2,1-2H3/t22-,24-,25+,26-,27-/m1/s1. The van der Waals surface area contributed by atoms with E-state index >= 15 is 0 Å². The number of non-ortho nitro benzene ring substituents is 1. The molecule has 3 aromatic carbocycles. The molecular formula is C27H30N6O11S2. The Labute approximate surface area is 262 Å². The zero-order valence-electron chi connectivity index (χ0n) is 24.3. The largest absolute Gasteiger partial charge is 0.394 e. The van der Waals surface area contributed by atoms with Gasteiger partial charge in [0.15, 0.2) is 6.23 Å². The lowest BCUT2D eigenvalue weighted by molar-refractivity contribution is -0.384. The highest BCUT2D eigenvalue weighted by Gasteiger charge is 2.45. The minimum Gasteiger partial charge on any atom is -0.394 e. The van der Waals surface area contributed by atoms with Crippen LogP contribution in [0.2, 0.25) is 0 Å². The molecule has 0 aliphatic carbocycles. The molecule has 0 bridgehead atoms. The van der Waals surface area contributed by atoms with Crippen LogP contribution in [-0.4, -0.2) is 106 Å². The first kappa shape index (κ1) is 33.3. The molecule has 19 heteroatoms. The quantitative estimate of drug-likeness (QED) is 0.127. The van der Waals surface area contributed by atoms with E-state index in [1.165, 1.54) is 18.2 Å². The number of hydrogen-bond donors (Lipinski definition) is 4. The molecule has 246 valence electrons. The molecule has 5 rings (SSSR count). The number of benzene rings is 3. The third-order valence-electron chi connectivity index (χ3n) is 7.48. The van der Waals surface area contributed by atoms with Crippen LogP contribution in [0.4, 0.5) is 11.4 Å². The molecule has 0 spiro atoms. The summed E-state index contributed by atoms with van der Waals surface area (Å²) in [6.07, 6.45) is -6.85. The fourth-order valence-corrected chi connectivity index (χ4v) is 8.87. The first-order valence-corrected chi connectivity index (χ1v) is 16.5. The Morgan fingerprint density at radius 2 is 1.57 bits per heavy atom. The van der Waals surface area contributed by atoms with Crippen molar-refractivity contribution in [1.82, 2.24) is 18.7 Å². The van der Waals surface area contributed by atoms with Gasteiger partial charge in [0.05, 0.1) is 39.8 Å². The molecule has 1 aromatic heterocycles. The van der Waals surface area contributed by atoms with E-state index in [1.54, 1.807) is 37.2 Å². The molecule has 1 aliphatic rings. The summed E-state index contributed by atoms with van der Waals surface area (Å²) < 4.78 is 63.3. The summed E-state index contributed by atoms with van der Waals surface area (Å²) in [4.78, 5) is 11.3. The average molecular weight is 679 g/mol. The minimum absolute atomic E-state index is 0.194. The van der Waals surface area contributed by atoms with Crippen molar-refractivity contribution >= 4 is 42.2 Å². The first-order valence-electron chi connectivity index (χ1n) is 13.6. The van der Waals surface area contributed by atoms with Crippen LogP contribution >= 0.6 is 0 Å². The number of hydrogen-bond acceptors (Lipinski definition) is 14. The van der Waals surface area contributed by atoms with Gasteiger partial charge in [0, 0.05) is 42.7 Å². The predicted molar refractivity (Wildman–Crippen MR) is 160 cm³/mol. The molecule has 5 atom stereocenters. The maximum Gasteiger partial charge on any atom is 0.269 e. The van der Waals surface area contributed by atoms with Crippen molar-refractivity contribution < 1.29 is 46.9 Å². The van der Waals surface area contributed by atoms with E-state index in [4.69, 9.17) is 4.74 Å². The molecule has 1 saturated heterocycles. The average Bonchev–Trinajstić information content (AvgIpc) is 3.50. The second-order valence-electron chi connectivity index (χ2n) is 10.6. The van der Waals surface area contributed by atoms with Crippen LogP contribution in [0.1, 0.15) is 11.9 Å². The van der Waals surface area contributed by atoms with Crippen LogP contribution in [0.3, 0.4) is 0 Å². The Kier molecular flexibility index (Phi) is 9.12. The Hall–Kier alpha value is -4.08. The van der Waals surface area contributed by atoms with Gasteiger partial charge in [-0.1, -0.05) is 33.2 Å². The predicted octanol–water partition coefficient (Wildman–Crippen LogP) is -0.0423. The van der Waals surface area contributed by atoms with Crippen LogP contribution in [0.25, 0.3) is 10.8 Å². The molecule has 0 unspecified atom stereocenters. The first-order chi connectivity index (χ1) is 21.7. The molecule has 46 heavy (non-hydrogen) atoms. The number of nitro groups is 1. The second kappa shape index (κ2) is 12.6. The van der Waals surface area contributed by atoms with E-state index < -0.39 is 79.3 Å². The third-order valence-corrected chi connectivity index (χ3v) is 11.8. The highest BCUT2D eigenvalue weighted by atomic mass is 32.3. The van der Waals surface area contributed by atoms with Gasteiger partial charge in [0.1, 0.15) is 24.4 Å². The number of nitro benzene ring substituents is 1. The van der Waals surface area contributed by atoms with Crippen molar-refractivity contribution in [3.05, 3.63) is 82.7 Å². The second-order valence-corrected chi connectivity index (χ2v) is 14.5. The highest BCUT2D eigenvalue weighted by Crippen LogP contribution is 2.35. The van der Waals surface area contributed by atoms with Crippen molar-refractivity contribution in [1.29, 1.82) is 0 Å². The number of aliphatic hydroxyl groups excluding tert-OH is 4. The van der Waals surface area contributed by atoms with Crippen molar-refractivity contribution in [2.24, 2.45) is 0 Å². The van der Waals surface area contributed by atoms with Gasteiger partial charge < -0.3 is 30.1 Å². The van der Waals surface area contributed by atoms with E-state index in [9.17, 15) is 47.4 Å². The van der Waals surface area contributed by atoms with Gasteiger partial charge in [0.25, 0.3) is 25.7 Å². The highest BCUT2D eigenvalue weighted by molar-refractivity contribution is 8.04. The maximum atomic E-state index is 14.4. The number of anilines is 1. The summed E-state index contributed by atoms with van der Waals surface area (Å²) >= 11 is 0. The molecule has 0 radical (unpaired) electrons. The van der Waals surface area contributed by atoms with Crippen LogP contribution in [0, 0.1) is 10.1 Å². The van der Waals surface area contributed by atoms with Crippen LogP contribution in [0.5, 0.6) is 0 Å². The minimum atomic E-state index is -4.95. The Morgan fingerprint density at radius 1 is 0.913 bits per heavy atom. The molecule has 1 aliphatic heterocycles. The van der Waals surface area contributed by atoms with Gasteiger partial charge >= 0.3 is 0 Å². The van der Waals surface area contributed by atoms with E-state index in [2.05, 4.69) is 10.3 Å². The fourth-order valence-electron chi connectivity index (χ4n) is 5.09. The van der Waals surface area contributed by atoms with Crippen LogP contribution in [0.15, 0.2) is 76.7 Å². The molecule has 0 amide bonds. The van der Waals surface area contributed by atoms with E-state index in [1.807, 2.05) is 0 Å². The monoisotopic (exact) mass is 678 g/mol. The molecule has 4 N–H and O–H groups in total. The summed E-state index contributed by atoms with van der Waals surface area (Å²) in [5.74, 6) is 0. The van der Waals surface area contributed by atoms with Gasteiger partial charge in [0.2, 0.25) is 0 Å². The normalized spacial score (nSPS) is 22.3. The summed E-state index contributed by atoms with van der Waals surface area (Å²) in [7, 11) is -6.35. The molecular weight excluding hydrogens is 648 g/mol. The fraction of sp³-hybridized carbons (Fsp3) is 0.333. The summed E-state index contributed by atoms with van der Waals surface area (Å²) in [5, 5.41) is 59.9. The van der Waals surface area contributed by atoms with E-state index in [0.29, 0.717) is 11.1 Å². The summed E-state index contributed by atoms with van der Waals surface area (Å²) in [6, 6.07) is 13.0. The van der Waals surface area contributed by atoms with Crippen LogP contribution < -0.4 is 4.90 Å². The van der Waals surface area contributed by atoms with Gasteiger partial charge in [-0.15, -0.1) is 5.10 Å². The molecule has 1 fully saturated rings. The van der Waals surface area contributed by atoms with E-state index in [0.717, 1.165) is 35.1 Å². The maximum absolute atomic E-state index is 14.4. The lowest BCUT2D eigenvalue weighted by Gasteiger charge is -2.39. The van der Waals surface area contributed by atoms with Gasteiger partial charge in [-0.25, -0.2) is 21.5 Å². The topological polar surface area (TPSA) is 239 Å². The lowest BCUT2D eigenvalue weighted by atomic mass is 9.98. The van der Waals surface area contributed by atoms with Crippen molar-refractivity contribution in [3.63, 3.8) is 0 Å². The van der Waals surface area contributed by atoms with Crippen molar-refractivity contribution in [3.8, 4) is 0 Å². The number of nitrogens with zero attached hydrogens (tertiary/aromatic N) is 6. The number of rotatable bonds is 10. The Bertz CT molecular complexity index is 1970. The zero-order chi connectivity index (χ0) is 33.6. The molecule has 0 saturated carbocycles. The Balaban J connectivity index is 1.61. The number of fused-ring (bicyclic) bond motifs is 1. The van der Waals surface area contributed by atoms with Crippen LogP contribution in [-0.2, 0) is 31.3 Å². The number of aliphatic hydroxyl groups is 4. The molecule has 17 nitrogen and oxygen atoms in total. The Morgan fingerprint density at radius 3 is 2.20 bits per heavy atom. The SMILES string of the molecule is CN(C)c1cccc2c(S(=O)(=O)N(Cc3cn([C@@H]4O[C@H](CO)[C@@H](O)[C@H](O)[C@H]4O)nn3)S(=O)(=O)c3ccc([N+](=O)[O-])cc3)cccc12. The molecule has 2 heterocycles. The number of aromatic nitrogens is 3. The summed E-state index contributed by atoms with van der Waals surface area (Å²) in [5.41, 5.74) is 0.0168. The zero-order valence-corrected chi connectivity index (χ0v) is 25.9. The smallest absolute Gasteiger partial charge is 0.269 e. The van der Waals surface area contributed by atoms with Gasteiger partial charge in [-0.2, -0.15) is 0 Å². The van der Waals surface area contributed by atoms with Gasteiger partial charge in [-0.3, -0.25) is 10.1 Å². The van der Waals surface area contributed by atoms with Crippen molar-refractivity contribution in [2.75, 3.05) is 25.6 Å². The van der Waals surface area contributed by atoms with Gasteiger partial charge in [-0.05, 0) is 24.3 Å². The lowest BCUT2D eigenvalue weighted by Crippen LogP contribution is -2.56. The third kappa shape index (κ3) is 5.94. The van der Waals surface area contributed by atoms with E-state index in [-0.39, 0.29) is 19.7 Å². The molecule has 4 aromatic rings.